The van der Waals surface area contributed by atoms with Crippen LogP contribution in [-0.2, 0) is 0 Å². The maximum atomic E-state index is 12.2. The van der Waals surface area contributed by atoms with E-state index in [1.54, 1.807) is 6.07 Å². The fourth-order valence-corrected chi connectivity index (χ4v) is 2.08. The molecule has 0 aliphatic carbocycles. The van der Waals surface area contributed by atoms with Gasteiger partial charge in [0.2, 0.25) is 5.95 Å². The summed E-state index contributed by atoms with van der Waals surface area (Å²) in [4.78, 5) is 22.7. The average Bonchev–Trinajstić information content (AvgIpc) is 2.88. The summed E-state index contributed by atoms with van der Waals surface area (Å²) >= 11 is 0. The van der Waals surface area contributed by atoms with E-state index in [9.17, 15) is 4.79 Å². The van der Waals surface area contributed by atoms with Crippen molar-refractivity contribution in [2.75, 3.05) is 25.0 Å². The van der Waals surface area contributed by atoms with Crippen LogP contribution in [0.3, 0.4) is 0 Å². The molecule has 1 amide bonds. The first kappa shape index (κ1) is 12.8. The Bertz CT molecular complexity index is 427. The Hall–Kier alpha value is -1.65. The topological polar surface area (TPSA) is 58.1 Å². The predicted molar refractivity (Wildman–Crippen MR) is 70.7 cm³/mol. The quantitative estimate of drug-likeness (QED) is 0.883. The largest absolute Gasteiger partial charge is 0.354 e. The van der Waals surface area contributed by atoms with Crippen LogP contribution in [0.5, 0.6) is 0 Å². The molecule has 0 unspecified atom stereocenters. The lowest BCUT2D eigenvalue weighted by Gasteiger charge is -2.15. The zero-order valence-corrected chi connectivity index (χ0v) is 11.1. The summed E-state index contributed by atoms with van der Waals surface area (Å²) in [5.41, 5.74) is 1.33. The third-order valence-corrected chi connectivity index (χ3v) is 3.00. The smallest absolute Gasteiger partial charge is 0.272 e. The van der Waals surface area contributed by atoms with E-state index in [2.05, 4.69) is 22.2 Å². The lowest BCUT2D eigenvalue weighted by Crippen LogP contribution is -2.28. The Morgan fingerprint density at radius 1 is 1.39 bits per heavy atom. The molecule has 98 valence electrons. The molecule has 18 heavy (non-hydrogen) atoms. The summed E-state index contributed by atoms with van der Waals surface area (Å²) in [5, 5.41) is 3.13. The number of likely N-dealkylation sites (tertiary alicyclic amines) is 1. The molecule has 1 aromatic rings. The highest BCUT2D eigenvalue weighted by molar-refractivity contribution is 5.92. The van der Waals surface area contributed by atoms with Crippen LogP contribution in [0.25, 0.3) is 0 Å². The third kappa shape index (κ3) is 2.97. The molecule has 5 nitrogen and oxygen atoms in total. The van der Waals surface area contributed by atoms with E-state index in [1.165, 1.54) is 0 Å². The number of anilines is 1. The van der Waals surface area contributed by atoms with Gasteiger partial charge in [-0.1, -0.05) is 6.92 Å². The number of hydrogen-bond donors (Lipinski definition) is 1. The number of carbonyl (C=O) groups is 1. The Balaban J connectivity index is 2.15. The molecule has 0 atom stereocenters. The van der Waals surface area contributed by atoms with Gasteiger partial charge < -0.3 is 10.2 Å². The summed E-state index contributed by atoms with van der Waals surface area (Å²) < 4.78 is 0. The highest BCUT2D eigenvalue weighted by atomic mass is 16.2. The first-order chi connectivity index (χ1) is 8.70. The van der Waals surface area contributed by atoms with Crippen LogP contribution in [0, 0.1) is 6.92 Å². The summed E-state index contributed by atoms with van der Waals surface area (Å²) in [5.74, 6) is 0.581. The van der Waals surface area contributed by atoms with Crippen molar-refractivity contribution in [1.29, 1.82) is 0 Å². The molecule has 0 saturated carbocycles. The number of aryl methyl sites for hydroxylation is 1. The van der Waals surface area contributed by atoms with E-state index in [1.807, 2.05) is 11.8 Å². The first-order valence-corrected chi connectivity index (χ1v) is 6.59. The second kappa shape index (κ2) is 5.80. The van der Waals surface area contributed by atoms with Crippen LogP contribution in [0.1, 0.15) is 42.4 Å². The third-order valence-electron chi connectivity index (χ3n) is 3.00. The van der Waals surface area contributed by atoms with Crippen molar-refractivity contribution < 1.29 is 4.79 Å². The number of carbonyl (C=O) groups excluding carboxylic acids is 1. The number of amides is 1. The molecule has 2 rings (SSSR count). The van der Waals surface area contributed by atoms with Gasteiger partial charge in [0.25, 0.3) is 5.91 Å². The van der Waals surface area contributed by atoms with Crippen molar-refractivity contribution in [2.24, 2.45) is 0 Å². The fraction of sp³-hybridized carbons (Fsp3) is 0.615. The van der Waals surface area contributed by atoms with E-state index in [-0.39, 0.29) is 5.91 Å². The standard InChI is InChI=1S/C13H20N4O/c1-3-6-14-13-15-10(2)9-11(16-13)12(18)17-7-4-5-8-17/h9H,3-8H2,1-2H3,(H,14,15,16). The van der Waals surface area contributed by atoms with Gasteiger partial charge >= 0.3 is 0 Å². The van der Waals surface area contributed by atoms with Gasteiger partial charge in [0.05, 0.1) is 0 Å². The van der Waals surface area contributed by atoms with Gasteiger partial charge in [-0.05, 0) is 32.3 Å². The van der Waals surface area contributed by atoms with Gasteiger partial charge in [-0.15, -0.1) is 0 Å². The van der Waals surface area contributed by atoms with Crippen LogP contribution in [-0.4, -0.2) is 40.4 Å². The van der Waals surface area contributed by atoms with E-state index in [0.29, 0.717) is 11.6 Å². The lowest BCUT2D eigenvalue weighted by molar-refractivity contribution is 0.0787. The van der Waals surface area contributed by atoms with Crippen LogP contribution >= 0.6 is 0 Å². The minimum absolute atomic E-state index is 0.0255. The number of hydrogen-bond acceptors (Lipinski definition) is 4. The summed E-state index contributed by atoms with van der Waals surface area (Å²) in [6.45, 7) is 6.48. The molecule has 1 saturated heterocycles. The molecule has 0 aromatic carbocycles. The van der Waals surface area contributed by atoms with Crippen molar-refractivity contribution in [3.05, 3.63) is 17.5 Å². The molecule has 0 bridgehead atoms. The minimum atomic E-state index is 0.0255. The van der Waals surface area contributed by atoms with Gasteiger partial charge in [-0.2, -0.15) is 0 Å². The monoisotopic (exact) mass is 248 g/mol. The molecular weight excluding hydrogens is 228 g/mol. The van der Waals surface area contributed by atoms with E-state index >= 15 is 0 Å². The van der Waals surface area contributed by atoms with Gasteiger partial charge in [0, 0.05) is 25.3 Å². The Morgan fingerprint density at radius 2 is 2.11 bits per heavy atom. The molecule has 2 heterocycles. The maximum Gasteiger partial charge on any atom is 0.272 e. The van der Waals surface area contributed by atoms with Crippen molar-refractivity contribution >= 4 is 11.9 Å². The summed E-state index contributed by atoms with van der Waals surface area (Å²) in [7, 11) is 0. The minimum Gasteiger partial charge on any atom is -0.354 e. The van der Waals surface area contributed by atoms with E-state index in [0.717, 1.165) is 44.6 Å². The molecule has 1 N–H and O–H groups in total. The number of nitrogens with zero attached hydrogens (tertiary/aromatic N) is 3. The first-order valence-electron chi connectivity index (χ1n) is 6.59. The average molecular weight is 248 g/mol. The fourth-order valence-electron chi connectivity index (χ4n) is 2.08. The molecule has 1 aliphatic rings. The van der Waals surface area contributed by atoms with Gasteiger partial charge in [-0.3, -0.25) is 4.79 Å². The highest BCUT2D eigenvalue weighted by Gasteiger charge is 2.21. The zero-order valence-electron chi connectivity index (χ0n) is 11.1. The molecule has 0 radical (unpaired) electrons. The molecule has 0 spiro atoms. The molecular formula is C13H20N4O. The number of rotatable bonds is 4. The van der Waals surface area contributed by atoms with Crippen molar-refractivity contribution in [1.82, 2.24) is 14.9 Å². The summed E-state index contributed by atoms with van der Waals surface area (Å²) in [6, 6.07) is 1.76. The Morgan fingerprint density at radius 3 is 2.78 bits per heavy atom. The highest BCUT2D eigenvalue weighted by Crippen LogP contribution is 2.13. The Labute approximate surface area is 108 Å². The lowest BCUT2D eigenvalue weighted by atomic mass is 10.3. The molecule has 5 heteroatoms. The predicted octanol–water partition coefficient (Wildman–Crippen LogP) is 1.84. The second-order valence-corrected chi connectivity index (χ2v) is 4.64. The van der Waals surface area contributed by atoms with Crippen LogP contribution in [0.15, 0.2) is 6.07 Å². The van der Waals surface area contributed by atoms with Crippen LogP contribution < -0.4 is 5.32 Å². The van der Waals surface area contributed by atoms with Gasteiger partial charge in [-0.25, -0.2) is 9.97 Å². The van der Waals surface area contributed by atoms with Crippen LogP contribution in [0.2, 0.25) is 0 Å². The van der Waals surface area contributed by atoms with Crippen molar-refractivity contribution in [3.8, 4) is 0 Å². The van der Waals surface area contributed by atoms with Gasteiger partial charge in [0.15, 0.2) is 0 Å². The molecule has 1 aromatic heterocycles. The molecule has 1 aliphatic heterocycles. The van der Waals surface area contributed by atoms with Crippen molar-refractivity contribution in [3.63, 3.8) is 0 Å². The number of nitrogens with one attached hydrogen (secondary N) is 1. The van der Waals surface area contributed by atoms with E-state index in [4.69, 9.17) is 0 Å². The summed E-state index contributed by atoms with van der Waals surface area (Å²) in [6.07, 6.45) is 3.19. The SMILES string of the molecule is CCCNc1nc(C)cc(C(=O)N2CCCC2)n1. The Kier molecular flexibility index (Phi) is 4.12. The zero-order chi connectivity index (χ0) is 13.0. The maximum absolute atomic E-state index is 12.2. The molecule has 1 fully saturated rings. The second-order valence-electron chi connectivity index (χ2n) is 4.64. The van der Waals surface area contributed by atoms with Crippen LogP contribution in [0.4, 0.5) is 5.95 Å². The van der Waals surface area contributed by atoms with E-state index < -0.39 is 0 Å². The van der Waals surface area contributed by atoms with Crippen molar-refractivity contribution in [2.45, 2.75) is 33.1 Å². The normalized spacial score (nSPS) is 14.9. The number of aromatic nitrogens is 2. The van der Waals surface area contributed by atoms with Gasteiger partial charge in [0.1, 0.15) is 5.69 Å².